The number of amides is 2. The molecular weight excluding hydrogens is 411 g/mol. The van der Waals surface area contributed by atoms with Crippen LogP contribution < -0.4 is 18.9 Å². The number of carbonyl (C=O) groups excluding carboxylic acids is 1. The van der Waals surface area contributed by atoms with Crippen LogP contribution >= 0.6 is 11.9 Å². The molecule has 0 saturated heterocycles. The Kier molecular flexibility index (Phi) is 7.40. The van der Waals surface area contributed by atoms with Gasteiger partial charge >= 0.3 is 6.03 Å². The minimum Gasteiger partial charge on any atom is -0.495 e. The van der Waals surface area contributed by atoms with Crippen molar-refractivity contribution in [3.05, 3.63) is 42.2 Å². The molecule has 28 heavy (non-hydrogen) atoms. The number of hydrogen-bond donors (Lipinski definition) is 2. The van der Waals surface area contributed by atoms with Gasteiger partial charge in [0.25, 0.3) is 0 Å². The number of methoxy groups -OCH3 is 2. The number of ether oxygens (including phenoxy) is 2. The molecule has 0 spiro atoms. The number of sulfonamides is 1. The highest BCUT2D eigenvalue weighted by atomic mass is 32.2. The van der Waals surface area contributed by atoms with Crippen LogP contribution in [0.1, 0.15) is 12.7 Å². The van der Waals surface area contributed by atoms with Crippen LogP contribution in [0.4, 0.5) is 9.18 Å². The van der Waals surface area contributed by atoms with Gasteiger partial charge in [-0.05, 0) is 31.0 Å². The first kappa shape index (κ1) is 21.7. The van der Waals surface area contributed by atoms with Gasteiger partial charge in [0.15, 0.2) is 5.82 Å². The molecule has 0 fully saturated rings. The number of carbonyl (C=O) groups is 1. The fourth-order valence-electron chi connectivity index (χ4n) is 2.08. The van der Waals surface area contributed by atoms with E-state index in [0.29, 0.717) is 16.4 Å². The summed E-state index contributed by atoms with van der Waals surface area (Å²) in [6, 6.07) is 4.12. The normalized spacial score (nSPS) is 12.1. The third kappa shape index (κ3) is 5.70. The Balaban J connectivity index is 1.99. The first-order valence-corrected chi connectivity index (χ1v) is 10.3. The average Bonchev–Trinajstić information content (AvgIpc) is 2.67. The molecule has 152 valence electrons. The van der Waals surface area contributed by atoms with E-state index < -0.39 is 27.1 Å². The van der Waals surface area contributed by atoms with Crippen molar-refractivity contribution in [2.45, 2.75) is 23.5 Å². The highest BCUT2D eigenvalue weighted by Crippen LogP contribution is 2.35. The van der Waals surface area contributed by atoms with Crippen LogP contribution in [0.5, 0.6) is 11.5 Å². The van der Waals surface area contributed by atoms with Gasteiger partial charge < -0.3 is 9.47 Å². The van der Waals surface area contributed by atoms with Gasteiger partial charge in [0.05, 0.1) is 31.9 Å². The SMILES string of the molecule is COc1cccc(OC)c1SNC(=O)NS(=O)(=O)[C@H](C)Cc1ncc(F)cn1. The van der Waals surface area contributed by atoms with Crippen molar-refractivity contribution in [2.24, 2.45) is 0 Å². The monoisotopic (exact) mass is 430 g/mol. The van der Waals surface area contributed by atoms with Crippen molar-refractivity contribution in [1.29, 1.82) is 0 Å². The molecule has 1 atom stereocenters. The predicted molar refractivity (Wildman–Crippen MR) is 101 cm³/mol. The first-order chi connectivity index (χ1) is 13.3. The average molecular weight is 430 g/mol. The molecule has 1 heterocycles. The molecule has 0 radical (unpaired) electrons. The summed E-state index contributed by atoms with van der Waals surface area (Å²) < 4.78 is 52.2. The number of urea groups is 1. The maximum atomic E-state index is 12.8. The number of nitrogens with one attached hydrogen (secondary N) is 2. The lowest BCUT2D eigenvalue weighted by molar-refractivity contribution is 0.251. The fraction of sp³-hybridized carbons (Fsp3) is 0.312. The van der Waals surface area contributed by atoms with Gasteiger partial charge in [-0.3, -0.25) is 4.72 Å². The number of halogens is 1. The Hall–Kier alpha value is -2.60. The number of rotatable bonds is 8. The van der Waals surface area contributed by atoms with Crippen LogP contribution in [0.2, 0.25) is 0 Å². The second-order valence-corrected chi connectivity index (χ2v) is 8.42. The summed E-state index contributed by atoms with van der Waals surface area (Å²) >= 11 is 0.846. The van der Waals surface area contributed by atoms with Crippen molar-refractivity contribution in [3.8, 4) is 11.5 Å². The van der Waals surface area contributed by atoms with Crippen LogP contribution in [0.3, 0.4) is 0 Å². The van der Waals surface area contributed by atoms with Gasteiger partial charge in [-0.15, -0.1) is 0 Å². The second kappa shape index (κ2) is 9.55. The van der Waals surface area contributed by atoms with Gasteiger partial charge in [0.1, 0.15) is 22.2 Å². The third-order valence-corrected chi connectivity index (χ3v) is 6.13. The quantitative estimate of drug-likeness (QED) is 0.610. The van der Waals surface area contributed by atoms with E-state index >= 15 is 0 Å². The molecule has 0 aliphatic rings. The van der Waals surface area contributed by atoms with Crippen LogP contribution in [0.25, 0.3) is 0 Å². The number of benzene rings is 1. The standard InChI is InChI=1S/C16H19FN4O5S2/c1-10(7-14-18-8-11(17)9-19-14)28(23,24)21-16(22)20-27-15-12(25-2)5-4-6-13(15)26-3/h4-6,8-10H,7H2,1-3H3,(H2,20,21,22)/t10-/m1/s1. The molecule has 0 aliphatic heterocycles. The number of nitrogens with zero attached hydrogens (tertiary/aromatic N) is 2. The van der Waals surface area contributed by atoms with E-state index in [1.165, 1.54) is 21.1 Å². The lowest BCUT2D eigenvalue weighted by Gasteiger charge is -2.15. The van der Waals surface area contributed by atoms with Crippen molar-refractivity contribution in [1.82, 2.24) is 19.4 Å². The summed E-state index contributed by atoms with van der Waals surface area (Å²) in [6.07, 6.45) is 1.80. The maximum Gasteiger partial charge on any atom is 0.338 e. The lowest BCUT2D eigenvalue weighted by Crippen LogP contribution is -2.41. The van der Waals surface area contributed by atoms with E-state index in [0.717, 1.165) is 24.3 Å². The summed E-state index contributed by atoms with van der Waals surface area (Å²) in [5.41, 5.74) is 0. The van der Waals surface area contributed by atoms with Gasteiger partial charge in [0, 0.05) is 6.42 Å². The zero-order valence-corrected chi connectivity index (χ0v) is 16.9. The van der Waals surface area contributed by atoms with E-state index in [1.807, 2.05) is 4.72 Å². The zero-order valence-electron chi connectivity index (χ0n) is 15.3. The van der Waals surface area contributed by atoms with Crippen LogP contribution in [0, 0.1) is 5.82 Å². The Bertz CT molecular complexity index is 903. The van der Waals surface area contributed by atoms with Gasteiger partial charge in [0.2, 0.25) is 10.0 Å². The highest BCUT2D eigenvalue weighted by molar-refractivity contribution is 7.98. The largest absolute Gasteiger partial charge is 0.495 e. The Labute approximate surface area is 166 Å². The summed E-state index contributed by atoms with van der Waals surface area (Å²) in [6.45, 7) is 1.39. The van der Waals surface area contributed by atoms with Crippen LogP contribution in [-0.4, -0.2) is 43.9 Å². The van der Waals surface area contributed by atoms with E-state index in [1.54, 1.807) is 18.2 Å². The predicted octanol–water partition coefficient (Wildman–Crippen LogP) is 1.90. The van der Waals surface area contributed by atoms with Crippen LogP contribution in [-0.2, 0) is 16.4 Å². The van der Waals surface area contributed by atoms with Gasteiger partial charge in [-0.1, -0.05) is 6.07 Å². The molecule has 12 heteroatoms. The second-order valence-electron chi connectivity index (χ2n) is 5.50. The molecule has 0 saturated carbocycles. The molecule has 2 N–H and O–H groups in total. The van der Waals surface area contributed by atoms with Crippen molar-refractivity contribution in [2.75, 3.05) is 14.2 Å². The molecular formula is C16H19FN4O5S2. The minimum atomic E-state index is -4.02. The summed E-state index contributed by atoms with van der Waals surface area (Å²) in [5.74, 6) is 0.428. The van der Waals surface area contributed by atoms with E-state index in [9.17, 15) is 17.6 Å². The Morgan fingerprint density at radius 1 is 1.21 bits per heavy atom. The smallest absolute Gasteiger partial charge is 0.338 e. The van der Waals surface area contributed by atoms with Crippen molar-refractivity contribution < 1.29 is 27.1 Å². The van der Waals surface area contributed by atoms with E-state index in [4.69, 9.17) is 9.47 Å². The van der Waals surface area contributed by atoms with Crippen LogP contribution in [0.15, 0.2) is 35.5 Å². The lowest BCUT2D eigenvalue weighted by atomic mass is 10.3. The summed E-state index contributed by atoms with van der Waals surface area (Å²) in [4.78, 5) is 20.0. The maximum absolute atomic E-state index is 12.8. The van der Waals surface area contributed by atoms with E-state index in [-0.39, 0.29) is 12.2 Å². The first-order valence-electron chi connectivity index (χ1n) is 7.92. The Morgan fingerprint density at radius 2 is 1.79 bits per heavy atom. The molecule has 0 unspecified atom stereocenters. The molecule has 2 amide bonds. The minimum absolute atomic E-state index is 0.0869. The zero-order chi connectivity index (χ0) is 20.7. The fourth-order valence-corrected chi connectivity index (χ4v) is 3.77. The molecule has 2 aromatic rings. The number of aromatic nitrogens is 2. The summed E-state index contributed by atoms with van der Waals surface area (Å²) in [7, 11) is -1.09. The molecule has 1 aromatic heterocycles. The van der Waals surface area contributed by atoms with Crippen molar-refractivity contribution >= 4 is 28.0 Å². The molecule has 0 aliphatic carbocycles. The van der Waals surface area contributed by atoms with Gasteiger partial charge in [-0.2, -0.15) is 0 Å². The topological polar surface area (TPSA) is 120 Å². The highest BCUT2D eigenvalue weighted by Gasteiger charge is 2.25. The third-order valence-electron chi connectivity index (χ3n) is 3.54. The molecule has 0 bridgehead atoms. The summed E-state index contributed by atoms with van der Waals surface area (Å²) in [5, 5.41) is -1.02. The Morgan fingerprint density at radius 3 is 2.32 bits per heavy atom. The molecule has 2 rings (SSSR count). The van der Waals surface area contributed by atoms with Crippen molar-refractivity contribution in [3.63, 3.8) is 0 Å². The molecule has 1 aromatic carbocycles. The number of hydrogen-bond acceptors (Lipinski definition) is 8. The van der Waals surface area contributed by atoms with E-state index in [2.05, 4.69) is 14.7 Å². The van der Waals surface area contributed by atoms with Gasteiger partial charge in [-0.25, -0.2) is 32.3 Å². The molecule has 9 nitrogen and oxygen atoms in total.